The fourth-order valence-corrected chi connectivity index (χ4v) is 4.14. The Kier molecular flexibility index (Phi) is 5.91. The molecule has 1 N–H and O–H groups in total. The van der Waals surface area contributed by atoms with Crippen molar-refractivity contribution in [3.63, 3.8) is 0 Å². The molecule has 2 aliphatic rings. The minimum atomic E-state index is -0.729. The number of imide groups is 1. The molecule has 1 saturated heterocycles. The van der Waals surface area contributed by atoms with Crippen molar-refractivity contribution in [2.75, 3.05) is 19.6 Å². The second kappa shape index (κ2) is 8.81. The highest BCUT2D eigenvalue weighted by Gasteiger charge is 2.38. The number of likely N-dealkylation sites (tertiary alicyclic amines) is 1. The first kappa shape index (κ1) is 22.1. The lowest BCUT2D eigenvalue weighted by molar-refractivity contribution is -0.384. The molecule has 2 heterocycles. The van der Waals surface area contributed by atoms with Gasteiger partial charge in [0.1, 0.15) is 6.54 Å². The van der Waals surface area contributed by atoms with Gasteiger partial charge in [-0.3, -0.25) is 34.2 Å². The fourth-order valence-electron chi connectivity index (χ4n) is 4.14. The van der Waals surface area contributed by atoms with E-state index in [0.29, 0.717) is 31.5 Å². The van der Waals surface area contributed by atoms with Crippen molar-refractivity contribution in [2.45, 2.75) is 25.8 Å². The van der Waals surface area contributed by atoms with Gasteiger partial charge in [-0.05, 0) is 38.0 Å². The van der Waals surface area contributed by atoms with Crippen LogP contribution in [0.3, 0.4) is 0 Å². The zero-order chi connectivity index (χ0) is 23.7. The first-order valence-electron chi connectivity index (χ1n) is 10.5. The number of hydrogen-bond donors (Lipinski definition) is 1. The summed E-state index contributed by atoms with van der Waals surface area (Å²) >= 11 is 0. The molecule has 0 spiro atoms. The van der Waals surface area contributed by atoms with Crippen molar-refractivity contribution in [3.8, 4) is 0 Å². The van der Waals surface area contributed by atoms with Crippen LogP contribution in [0.2, 0.25) is 0 Å². The first-order valence-corrected chi connectivity index (χ1v) is 10.5. The lowest BCUT2D eigenvalue weighted by Crippen LogP contribution is -2.49. The number of amides is 4. The summed E-state index contributed by atoms with van der Waals surface area (Å²) < 4.78 is 0. The maximum Gasteiger partial charge on any atom is 0.270 e. The third-order valence-corrected chi connectivity index (χ3v) is 5.88. The lowest BCUT2D eigenvalue weighted by atomic mass is 10.0. The molecule has 2 aliphatic heterocycles. The average Bonchev–Trinajstić information content (AvgIpc) is 3.03. The maximum absolute atomic E-state index is 12.7. The number of nitro groups is 1. The number of hydrogen-bond acceptors (Lipinski definition) is 6. The molecule has 4 amide bonds. The number of piperidine rings is 1. The van der Waals surface area contributed by atoms with Gasteiger partial charge in [0, 0.05) is 36.8 Å². The SMILES string of the molecule is Cc1cccc(C(=O)N2CCC(NC(=O)CN3C(=O)c4ccc([N+](=O)[O-])cc4C3=O)CC2)c1. The number of rotatable bonds is 5. The molecule has 0 aliphatic carbocycles. The summed E-state index contributed by atoms with van der Waals surface area (Å²) in [5.74, 6) is -1.93. The van der Waals surface area contributed by atoms with Gasteiger partial charge in [0.25, 0.3) is 23.4 Å². The summed E-state index contributed by atoms with van der Waals surface area (Å²) in [6, 6.07) is 10.6. The van der Waals surface area contributed by atoms with Crippen LogP contribution in [0.25, 0.3) is 0 Å². The van der Waals surface area contributed by atoms with E-state index in [2.05, 4.69) is 5.32 Å². The van der Waals surface area contributed by atoms with Crippen LogP contribution in [0.1, 0.15) is 49.5 Å². The van der Waals surface area contributed by atoms with Crippen molar-refractivity contribution >= 4 is 29.3 Å². The predicted molar refractivity (Wildman–Crippen MR) is 117 cm³/mol. The Labute approximate surface area is 189 Å². The summed E-state index contributed by atoms with van der Waals surface area (Å²) in [5.41, 5.74) is 1.30. The number of benzene rings is 2. The van der Waals surface area contributed by atoms with Gasteiger partial charge in [-0.25, -0.2) is 0 Å². The molecule has 0 aromatic heterocycles. The van der Waals surface area contributed by atoms with Crippen LogP contribution in [-0.4, -0.2) is 64.0 Å². The van der Waals surface area contributed by atoms with Crippen LogP contribution >= 0.6 is 0 Å². The molecule has 10 nitrogen and oxygen atoms in total. The number of nitrogens with zero attached hydrogens (tertiary/aromatic N) is 3. The number of nitro benzene ring substituents is 1. The largest absolute Gasteiger partial charge is 0.352 e. The lowest BCUT2D eigenvalue weighted by Gasteiger charge is -2.32. The molecule has 0 saturated carbocycles. The van der Waals surface area contributed by atoms with E-state index in [1.165, 1.54) is 6.07 Å². The van der Waals surface area contributed by atoms with Gasteiger partial charge in [0.2, 0.25) is 5.91 Å². The third-order valence-electron chi connectivity index (χ3n) is 5.88. The Balaban J connectivity index is 1.32. The molecule has 2 aromatic rings. The van der Waals surface area contributed by atoms with E-state index >= 15 is 0 Å². The molecule has 0 unspecified atom stereocenters. The number of fused-ring (bicyclic) bond motifs is 1. The number of nitrogens with one attached hydrogen (secondary N) is 1. The minimum absolute atomic E-state index is 0.0429. The Morgan fingerprint density at radius 3 is 2.42 bits per heavy atom. The van der Waals surface area contributed by atoms with Gasteiger partial charge in [0.15, 0.2) is 0 Å². The summed E-state index contributed by atoms with van der Waals surface area (Å²) in [4.78, 5) is 63.1. The molecule has 0 atom stereocenters. The molecule has 4 rings (SSSR count). The number of carbonyl (C=O) groups excluding carboxylic acids is 4. The molecule has 170 valence electrons. The van der Waals surface area contributed by atoms with E-state index in [1.807, 2.05) is 25.1 Å². The number of aryl methyl sites for hydroxylation is 1. The molecule has 33 heavy (non-hydrogen) atoms. The zero-order valence-electron chi connectivity index (χ0n) is 17.9. The molecule has 0 bridgehead atoms. The average molecular weight is 450 g/mol. The van der Waals surface area contributed by atoms with E-state index in [9.17, 15) is 29.3 Å². The summed E-state index contributed by atoms with van der Waals surface area (Å²) in [7, 11) is 0. The van der Waals surface area contributed by atoms with Crippen molar-refractivity contribution in [2.24, 2.45) is 0 Å². The second-order valence-corrected chi connectivity index (χ2v) is 8.19. The number of non-ortho nitro benzene ring substituents is 1. The van der Waals surface area contributed by atoms with Gasteiger partial charge in [-0.1, -0.05) is 17.7 Å². The highest BCUT2D eigenvalue weighted by atomic mass is 16.6. The van der Waals surface area contributed by atoms with Crippen molar-refractivity contribution < 1.29 is 24.1 Å². The van der Waals surface area contributed by atoms with Crippen LogP contribution in [0, 0.1) is 17.0 Å². The van der Waals surface area contributed by atoms with Gasteiger partial charge in [0.05, 0.1) is 16.1 Å². The van der Waals surface area contributed by atoms with Gasteiger partial charge < -0.3 is 10.2 Å². The van der Waals surface area contributed by atoms with Crippen molar-refractivity contribution in [3.05, 3.63) is 74.8 Å². The van der Waals surface area contributed by atoms with E-state index < -0.39 is 29.2 Å². The fraction of sp³-hybridized carbons (Fsp3) is 0.304. The first-order chi connectivity index (χ1) is 15.7. The summed E-state index contributed by atoms with van der Waals surface area (Å²) in [6.45, 7) is 2.42. The standard InChI is InChI=1S/C23H22N4O6/c1-14-3-2-4-15(11-14)21(29)25-9-7-16(8-10-25)24-20(28)13-26-22(30)18-6-5-17(27(32)33)12-19(18)23(26)31/h2-6,11-12,16H,7-10,13H2,1H3,(H,24,28). The molecular weight excluding hydrogens is 428 g/mol. The maximum atomic E-state index is 12.7. The summed E-state index contributed by atoms with van der Waals surface area (Å²) in [5, 5.41) is 13.8. The third kappa shape index (κ3) is 4.45. The van der Waals surface area contributed by atoms with E-state index in [-0.39, 0.29) is 28.8 Å². The number of carbonyl (C=O) groups is 4. The normalized spacial score (nSPS) is 16.0. The van der Waals surface area contributed by atoms with E-state index in [1.54, 1.807) is 11.0 Å². The van der Waals surface area contributed by atoms with Crippen LogP contribution in [0.15, 0.2) is 42.5 Å². The molecule has 1 fully saturated rings. The van der Waals surface area contributed by atoms with Crippen LogP contribution in [-0.2, 0) is 4.79 Å². The van der Waals surface area contributed by atoms with E-state index in [0.717, 1.165) is 22.6 Å². The van der Waals surface area contributed by atoms with Crippen LogP contribution in [0.5, 0.6) is 0 Å². The Hall–Kier alpha value is -4.08. The summed E-state index contributed by atoms with van der Waals surface area (Å²) in [6.07, 6.45) is 1.11. The monoisotopic (exact) mass is 450 g/mol. The highest BCUT2D eigenvalue weighted by molar-refractivity contribution is 6.22. The van der Waals surface area contributed by atoms with Gasteiger partial charge in [-0.2, -0.15) is 0 Å². The van der Waals surface area contributed by atoms with Crippen molar-refractivity contribution in [1.29, 1.82) is 0 Å². The van der Waals surface area contributed by atoms with Crippen molar-refractivity contribution in [1.82, 2.24) is 15.1 Å². The molecule has 10 heteroatoms. The Bertz CT molecular complexity index is 1170. The Morgan fingerprint density at radius 1 is 1.06 bits per heavy atom. The predicted octanol–water partition coefficient (Wildman–Crippen LogP) is 1.92. The minimum Gasteiger partial charge on any atom is -0.352 e. The second-order valence-electron chi connectivity index (χ2n) is 8.19. The van der Waals surface area contributed by atoms with Crippen LogP contribution in [0.4, 0.5) is 5.69 Å². The van der Waals surface area contributed by atoms with Gasteiger partial charge in [-0.15, -0.1) is 0 Å². The van der Waals surface area contributed by atoms with E-state index in [4.69, 9.17) is 0 Å². The molecule has 2 aromatic carbocycles. The highest BCUT2D eigenvalue weighted by Crippen LogP contribution is 2.26. The quantitative estimate of drug-likeness (QED) is 0.421. The van der Waals surface area contributed by atoms with Crippen LogP contribution < -0.4 is 5.32 Å². The van der Waals surface area contributed by atoms with Gasteiger partial charge >= 0.3 is 0 Å². The molecular formula is C23H22N4O6. The Morgan fingerprint density at radius 2 is 1.76 bits per heavy atom. The topological polar surface area (TPSA) is 130 Å². The molecule has 0 radical (unpaired) electrons. The smallest absolute Gasteiger partial charge is 0.270 e. The zero-order valence-corrected chi connectivity index (χ0v) is 17.9.